The molecule has 1 fully saturated rings. The van der Waals surface area contributed by atoms with Crippen LogP contribution < -0.4 is 5.32 Å². The number of carbonyl (C=O) groups is 1. The molecule has 1 aliphatic heterocycles. The third kappa shape index (κ3) is 23.0. The summed E-state index contributed by atoms with van der Waals surface area (Å²) in [4.78, 5) is 12.0. The fourth-order valence-corrected chi connectivity index (χ4v) is 0.972. The Labute approximate surface area is 119 Å². The summed E-state index contributed by atoms with van der Waals surface area (Å²) >= 11 is 0. The third-order valence-electron chi connectivity index (χ3n) is 2.14. The van der Waals surface area contributed by atoms with E-state index in [1.54, 1.807) is 12.0 Å². The van der Waals surface area contributed by atoms with Gasteiger partial charge in [0.1, 0.15) is 0 Å². The molecule has 0 atom stereocenters. The second kappa shape index (κ2) is 12.4. The lowest BCUT2D eigenvalue weighted by Crippen LogP contribution is -2.26. The van der Waals surface area contributed by atoms with Crippen LogP contribution in [0.15, 0.2) is 0 Å². The Kier molecular flexibility index (Phi) is 13.5. The van der Waals surface area contributed by atoms with E-state index < -0.39 is 0 Å². The molecule has 0 bridgehead atoms. The lowest BCUT2D eigenvalue weighted by atomic mass is 10.2. The van der Waals surface area contributed by atoms with Crippen molar-refractivity contribution in [3.05, 3.63) is 0 Å². The van der Waals surface area contributed by atoms with Crippen LogP contribution in [0.3, 0.4) is 0 Å². The molecular formula is C15H34N2O2. The van der Waals surface area contributed by atoms with E-state index in [0.717, 1.165) is 44.9 Å². The van der Waals surface area contributed by atoms with Gasteiger partial charge in [0.2, 0.25) is 6.41 Å². The Hall–Kier alpha value is -0.610. The van der Waals surface area contributed by atoms with E-state index in [-0.39, 0.29) is 5.60 Å². The van der Waals surface area contributed by atoms with Gasteiger partial charge < -0.3 is 15.0 Å². The largest absolute Gasteiger partial charge is 0.379 e. The summed E-state index contributed by atoms with van der Waals surface area (Å²) in [5.41, 5.74) is 0.0417. The summed E-state index contributed by atoms with van der Waals surface area (Å²) in [6, 6.07) is 0. The van der Waals surface area contributed by atoms with Gasteiger partial charge in [-0.1, -0.05) is 20.8 Å². The average Bonchev–Trinajstić information content (AvgIpc) is 2.56. The third-order valence-corrected chi connectivity index (χ3v) is 2.14. The number of hydrogen-bond donors (Lipinski definition) is 1. The molecule has 1 N–H and O–H groups in total. The van der Waals surface area contributed by atoms with Gasteiger partial charge in [-0.25, -0.2) is 0 Å². The second-order valence-corrected chi connectivity index (χ2v) is 6.29. The van der Waals surface area contributed by atoms with Crippen LogP contribution in [0.5, 0.6) is 0 Å². The number of methoxy groups -OCH3 is 1. The van der Waals surface area contributed by atoms with Gasteiger partial charge in [0.25, 0.3) is 0 Å². The fourth-order valence-electron chi connectivity index (χ4n) is 0.972. The minimum atomic E-state index is 0.0417. The molecule has 1 amide bonds. The summed E-state index contributed by atoms with van der Waals surface area (Å²) in [5, 5.41) is 3.21. The first kappa shape index (κ1) is 20.7. The summed E-state index contributed by atoms with van der Waals surface area (Å²) in [6.07, 6.45) is 2.01. The first-order valence-electron chi connectivity index (χ1n) is 7.18. The second-order valence-electron chi connectivity index (χ2n) is 6.29. The zero-order valence-corrected chi connectivity index (χ0v) is 14.0. The van der Waals surface area contributed by atoms with Crippen molar-refractivity contribution in [3.8, 4) is 0 Å². The Balaban J connectivity index is 0. The molecule has 0 saturated carbocycles. The highest BCUT2D eigenvalue weighted by molar-refractivity contribution is 5.46. The molecule has 0 aromatic carbocycles. The lowest BCUT2D eigenvalue weighted by Gasteiger charge is -2.14. The average molecular weight is 274 g/mol. The molecule has 1 rings (SSSR count). The van der Waals surface area contributed by atoms with Crippen molar-refractivity contribution in [2.24, 2.45) is 5.92 Å². The van der Waals surface area contributed by atoms with E-state index in [1.807, 2.05) is 20.8 Å². The smallest absolute Gasteiger partial charge is 0.209 e. The highest BCUT2D eigenvalue weighted by Crippen LogP contribution is 2.02. The Bertz CT molecular complexity index is 190. The number of nitrogens with one attached hydrogen (secondary N) is 1. The first-order chi connectivity index (χ1) is 8.72. The SMILES string of the molecule is CC(C)C.COC(C)(C)C.O=CN1CCCNCC1. The van der Waals surface area contributed by atoms with E-state index >= 15 is 0 Å². The normalized spacial score (nSPS) is 15.7. The van der Waals surface area contributed by atoms with Crippen LogP contribution in [0.1, 0.15) is 48.0 Å². The molecule has 0 radical (unpaired) electrons. The maximum atomic E-state index is 10.2. The van der Waals surface area contributed by atoms with E-state index in [9.17, 15) is 4.79 Å². The Morgan fingerprint density at radius 1 is 1.16 bits per heavy atom. The molecule has 0 spiro atoms. The number of nitrogens with zero attached hydrogens (tertiary/aromatic N) is 1. The van der Waals surface area contributed by atoms with Crippen LogP contribution in [0, 0.1) is 5.92 Å². The molecule has 0 aromatic rings. The summed E-state index contributed by atoms with van der Waals surface area (Å²) in [5.74, 6) is 0.833. The van der Waals surface area contributed by atoms with Gasteiger partial charge in [-0.2, -0.15) is 0 Å². The van der Waals surface area contributed by atoms with E-state index in [2.05, 4.69) is 26.1 Å². The van der Waals surface area contributed by atoms with Crippen LogP contribution in [0.4, 0.5) is 0 Å². The molecule has 1 aliphatic rings. The highest BCUT2D eigenvalue weighted by Gasteiger charge is 2.04. The molecule has 19 heavy (non-hydrogen) atoms. The minimum Gasteiger partial charge on any atom is -0.379 e. The van der Waals surface area contributed by atoms with Crippen LogP contribution in [-0.4, -0.2) is 50.2 Å². The molecule has 0 aliphatic carbocycles. The predicted molar refractivity (Wildman–Crippen MR) is 82.4 cm³/mol. The van der Waals surface area contributed by atoms with Crippen molar-refractivity contribution in [3.63, 3.8) is 0 Å². The number of hydrogen-bond acceptors (Lipinski definition) is 3. The van der Waals surface area contributed by atoms with Gasteiger partial charge in [0, 0.05) is 26.7 Å². The number of rotatable bonds is 1. The van der Waals surface area contributed by atoms with Gasteiger partial charge in [0.15, 0.2) is 0 Å². The van der Waals surface area contributed by atoms with Crippen LogP contribution in [0.2, 0.25) is 0 Å². The zero-order valence-electron chi connectivity index (χ0n) is 14.0. The molecule has 1 heterocycles. The van der Waals surface area contributed by atoms with Gasteiger partial charge >= 0.3 is 0 Å². The molecule has 0 aromatic heterocycles. The van der Waals surface area contributed by atoms with Gasteiger partial charge in [-0.05, 0) is 39.7 Å². The topological polar surface area (TPSA) is 41.6 Å². The van der Waals surface area contributed by atoms with Crippen LogP contribution in [-0.2, 0) is 9.53 Å². The van der Waals surface area contributed by atoms with Crippen molar-refractivity contribution >= 4 is 6.41 Å². The summed E-state index contributed by atoms with van der Waals surface area (Å²) < 4.78 is 4.94. The van der Waals surface area contributed by atoms with E-state index in [0.29, 0.717) is 0 Å². The predicted octanol–water partition coefficient (Wildman–Crippen LogP) is 2.53. The van der Waals surface area contributed by atoms with Crippen molar-refractivity contribution < 1.29 is 9.53 Å². The fraction of sp³-hybridized carbons (Fsp3) is 0.933. The van der Waals surface area contributed by atoms with Crippen molar-refractivity contribution in [1.82, 2.24) is 10.2 Å². The van der Waals surface area contributed by atoms with Gasteiger partial charge in [-0.3, -0.25) is 4.79 Å². The summed E-state index contributed by atoms with van der Waals surface area (Å²) in [7, 11) is 1.71. The van der Waals surface area contributed by atoms with Crippen molar-refractivity contribution in [1.29, 1.82) is 0 Å². The highest BCUT2D eigenvalue weighted by atomic mass is 16.5. The molecule has 1 saturated heterocycles. The molecule has 4 heteroatoms. The number of amides is 1. The Morgan fingerprint density at radius 3 is 2.00 bits per heavy atom. The van der Waals surface area contributed by atoms with Crippen LogP contribution >= 0.6 is 0 Å². The number of ether oxygens (including phenoxy) is 1. The quantitative estimate of drug-likeness (QED) is 0.747. The maximum Gasteiger partial charge on any atom is 0.209 e. The molecular weight excluding hydrogens is 240 g/mol. The monoisotopic (exact) mass is 274 g/mol. The minimum absolute atomic E-state index is 0.0417. The zero-order chi connectivity index (χ0) is 15.3. The van der Waals surface area contributed by atoms with Gasteiger partial charge in [-0.15, -0.1) is 0 Å². The summed E-state index contributed by atoms with van der Waals surface area (Å²) in [6.45, 7) is 16.3. The standard InChI is InChI=1S/C6H12N2O.C5H12O.C4H10/c9-6-8-4-1-2-7-3-5-8;1-5(2,3)6-4;1-4(2)3/h6-7H,1-5H2;1-4H3;4H,1-3H3. The maximum absolute atomic E-state index is 10.2. The van der Waals surface area contributed by atoms with Gasteiger partial charge in [0.05, 0.1) is 5.60 Å². The van der Waals surface area contributed by atoms with E-state index in [4.69, 9.17) is 4.74 Å². The lowest BCUT2D eigenvalue weighted by molar-refractivity contribution is -0.117. The first-order valence-corrected chi connectivity index (χ1v) is 7.18. The van der Waals surface area contributed by atoms with Crippen molar-refractivity contribution in [2.45, 2.75) is 53.6 Å². The number of carbonyl (C=O) groups excluding carboxylic acids is 1. The van der Waals surface area contributed by atoms with Crippen LogP contribution in [0.25, 0.3) is 0 Å². The molecule has 4 nitrogen and oxygen atoms in total. The van der Waals surface area contributed by atoms with Crippen molar-refractivity contribution in [2.75, 3.05) is 33.3 Å². The Morgan fingerprint density at radius 2 is 1.63 bits per heavy atom. The van der Waals surface area contributed by atoms with E-state index in [1.165, 1.54) is 0 Å². The molecule has 116 valence electrons. The molecule has 0 unspecified atom stereocenters.